The molecule has 1 fully saturated rings. The molecule has 4 aromatic rings. The molecule has 2 unspecified atom stereocenters. The molecule has 2 aromatic heterocycles. The molecule has 2 aliphatic rings. The average molecular weight is 475 g/mol. The van der Waals surface area contributed by atoms with Crippen LogP contribution in [-0.4, -0.2) is 75.2 Å². The Labute approximate surface area is 201 Å². The van der Waals surface area contributed by atoms with Crippen molar-refractivity contribution in [3.8, 4) is 11.1 Å². The van der Waals surface area contributed by atoms with Crippen LogP contribution in [0.2, 0.25) is 0 Å². The second-order valence-corrected chi connectivity index (χ2v) is 9.95. The van der Waals surface area contributed by atoms with Gasteiger partial charge in [0.05, 0.1) is 35.2 Å². The fourth-order valence-corrected chi connectivity index (χ4v) is 5.78. The summed E-state index contributed by atoms with van der Waals surface area (Å²) in [7, 11) is 0. The number of morpholine rings is 1. The van der Waals surface area contributed by atoms with Gasteiger partial charge in [0, 0.05) is 47.9 Å². The maximum absolute atomic E-state index is 13.2. The molecule has 9 heteroatoms. The number of carbonyl (C=O) groups excluding carboxylic acids is 1. The number of H-pyrrole nitrogens is 2. The molecular weight excluding hydrogens is 448 g/mol. The number of aliphatic imine (C=N–C) groups is 1. The van der Waals surface area contributed by atoms with Crippen LogP contribution in [0, 0.1) is 0 Å². The second kappa shape index (κ2) is 8.90. The molecule has 2 aliphatic heterocycles. The van der Waals surface area contributed by atoms with Crippen molar-refractivity contribution in [2.45, 2.75) is 19.1 Å². The number of nitrogens with zero attached hydrogens (tertiary/aromatic N) is 3. The van der Waals surface area contributed by atoms with Crippen molar-refractivity contribution >= 4 is 50.2 Å². The molecule has 2 aromatic carbocycles. The number of hydrogen-bond donors (Lipinski definition) is 3. The quantitative estimate of drug-likeness (QED) is 0.408. The van der Waals surface area contributed by atoms with Crippen LogP contribution in [0.15, 0.2) is 53.8 Å². The Morgan fingerprint density at radius 1 is 1.26 bits per heavy atom. The number of thioether (sulfide) groups is 1. The Morgan fingerprint density at radius 2 is 2.21 bits per heavy atom. The number of carbonyl (C=O) groups is 1. The fourth-order valence-electron chi connectivity index (χ4n) is 4.73. The highest BCUT2D eigenvalue weighted by atomic mass is 32.2. The predicted molar refractivity (Wildman–Crippen MR) is 138 cm³/mol. The van der Waals surface area contributed by atoms with Crippen molar-refractivity contribution in [3.05, 3.63) is 48.8 Å². The van der Waals surface area contributed by atoms with Gasteiger partial charge in [0.25, 0.3) is 0 Å². The molecule has 34 heavy (non-hydrogen) atoms. The predicted octanol–water partition coefficient (Wildman–Crippen LogP) is 3.88. The lowest BCUT2D eigenvalue weighted by atomic mass is 9.99. The maximum Gasteiger partial charge on any atom is 0.250 e. The standard InChI is InChI=1S/C25H26N6O2S/c1-15-12-31(7-8-33-15)13-24-28-23(14-34-24)25(32)29-21-9-16(10-22-19(21)11-27-30-22)17-3-2-4-20-18(17)5-6-26-20/h2-6,9-11,15,23,26H,7-8,12-14H2,1H3,(H,27,30)(H,29,32). The van der Waals surface area contributed by atoms with Crippen LogP contribution >= 0.6 is 11.8 Å². The zero-order valence-corrected chi connectivity index (χ0v) is 19.7. The van der Waals surface area contributed by atoms with Crippen molar-refractivity contribution in [3.63, 3.8) is 0 Å². The van der Waals surface area contributed by atoms with Gasteiger partial charge in [0.2, 0.25) is 5.91 Å². The Kier molecular flexibility index (Phi) is 5.60. The van der Waals surface area contributed by atoms with Gasteiger partial charge in [-0.05, 0) is 42.3 Å². The lowest BCUT2D eigenvalue weighted by Gasteiger charge is -2.30. The SMILES string of the molecule is CC1CN(CC2=NC(C(=O)Nc3cc(-c4cccc5[nH]ccc45)cc4[nH]ncc34)CS2)CCO1. The van der Waals surface area contributed by atoms with Gasteiger partial charge in [-0.15, -0.1) is 11.8 Å². The van der Waals surface area contributed by atoms with Crippen molar-refractivity contribution in [1.29, 1.82) is 0 Å². The smallest absolute Gasteiger partial charge is 0.250 e. The van der Waals surface area contributed by atoms with Gasteiger partial charge < -0.3 is 15.0 Å². The van der Waals surface area contributed by atoms with E-state index >= 15 is 0 Å². The van der Waals surface area contributed by atoms with Gasteiger partial charge >= 0.3 is 0 Å². The molecular formula is C25H26N6O2S. The van der Waals surface area contributed by atoms with Gasteiger partial charge in [-0.25, -0.2) is 0 Å². The summed E-state index contributed by atoms with van der Waals surface area (Å²) in [5, 5.41) is 13.4. The lowest BCUT2D eigenvalue weighted by Crippen LogP contribution is -2.42. The molecule has 1 saturated heterocycles. The third kappa shape index (κ3) is 4.11. The second-order valence-electron chi connectivity index (χ2n) is 8.85. The number of anilines is 1. The minimum atomic E-state index is -0.392. The molecule has 0 saturated carbocycles. The van der Waals surface area contributed by atoms with Crippen molar-refractivity contribution in [2.75, 3.05) is 37.3 Å². The molecule has 8 nitrogen and oxygen atoms in total. The lowest BCUT2D eigenvalue weighted by molar-refractivity contribution is -0.116. The summed E-state index contributed by atoms with van der Waals surface area (Å²) in [6, 6.07) is 12.0. The average Bonchev–Trinajstić information content (AvgIpc) is 3.59. The van der Waals surface area contributed by atoms with Crippen LogP contribution in [0.25, 0.3) is 32.9 Å². The van der Waals surface area contributed by atoms with E-state index in [0.29, 0.717) is 5.75 Å². The number of aromatic nitrogens is 3. The molecule has 0 spiro atoms. The number of aromatic amines is 2. The van der Waals surface area contributed by atoms with Crippen LogP contribution < -0.4 is 5.32 Å². The number of fused-ring (bicyclic) bond motifs is 2. The third-order valence-electron chi connectivity index (χ3n) is 6.42. The van der Waals surface area contributed by atoms with Gasteiger partial charge in [-0.3, -0.25) is 19.8 Å². The van der Waals surface area contributed by atoms with Gasteiger partial charge in [-0.1, -0.05) is 12.1 Å². The van der Waals surface area contributed by atoms with Crippen LogP contribution in [0.3, 0.4) is 0 Å². The largest absolute Gasteiger partial charge is 0.376 e. The van der Waals surface area contributed by atoms with E-state index in [0.717, 1.165) is 69.9 Å². The monoisotopic (exact) mass is 474 g/mol. The zero-order valence-electron chi connectivity index (χ0n) is 18.9. The molecule has 6 rings (SSSR count). The van der Waals surface area contributed by atoms with E-state index < -0.39 is 6.04 Å². The van der Waals surface area contributed by atoms with Crippen LogP contribution in [0.4, 0.5) is 5.69 Å². The molecule has 0 radical (unpaired) electrons. The Morgan fingerprint density at radius 3 is 3.12 bits per heavy atom. The highest BCUT2D eigenvalue weighted by Crippen LogP contribution is 2.34. The zero-order chi connectivity index (χ0) is 23.1. The van der Waals surface area contributed by atoms with E-state index in [9.17, 15) is 4.79 Å². The van der Waals surface area contributed by atoms with E-state index in [-0.39, 0.29) is 12.0 Å². The molecule has 4 heterocycles. The van der Waals surface area contributed by atoms with Crippen LogP contribution in [-0.2, 0) is 9.53 Å². The van der Waals surface area contributed by atoms with E-state index in [2.05, 4.69) is 56.6 Å². The van der Waals surface area contributed by atoms with Crippen molar-refractivity contribution < 1.29 is 9.53 Å². The van der Waals surface area contributed by atoms with Gasteiger partial charge in [-0.2, -0.15) is 5.10 Å². The summed E-state index contributed by atoms with van der Waals surface area (Å²) in [5.74, 6) is 0.579. The number of nitrogens with one attached hydrogen (secondary N) is 3. The van der Waals surface area contributed by atoms with Gasteiger partial charge in [0.1, 0.15) is 6.04 Å². The summed E-state index contributed by atoms with van der Waals surface area (Å²) >= 11 is 1.68. The Bertz CT molecular complexity index is 1390. The number of rotatable bonds is 5. The van der Waals surface area contributed by atoms with E-state index in [1.807, 2.05) is 18.3 Å². The number of benzene rings is 2. The molecule has 0 aliphatic carbocycles. The van der Waals surface area contributed by atoms with Crippen LogP contribution in [0.1, 0.15) is 6.92 Å². The Hall–Kier alpha value is -3.14. The summed E-state index contributed by atoms with van der Waals surface area (Å²) in [5.41, 5.74) is 4.82. The summed E-state index contributed by atoms with van der Waals surface area (Å²) in [6.07, 6.45) is 3.93. The normalized spacial score (nSPS) is 21.3. The molecule has 1 amide bonds. The number of ether oxygens (including phenoxy) is 1. The van der Waals surface area contributed by atoms with Crippen LogP contribution in [0.5, 0.6) is 0 Å². The maximum atomic E-state index is 13.2. The highest BCUT2D eigenvalue weighted by molar-refractivity contribution is 8.14. The summed E-state index contributed by atoms with van der Waals surface area (Å²) in [6.45, 7) is 5.42. The first-order valence-corrected chi connectivity index (χ1v) is 12.5. The van der Waals surface area contributed by atoms with E-state index in [1.165, 1.54) is 0 Å². The molecule has 174 valence electrons. The fraction of sp³-hybridized carbons (Fsp3) is 0.320. The molecule has 2 atom stereocenters. The van der Waals surface area contributed by atoms with Gasteiger partial charge in [0.15, 0.2) is 0 Å². The van der Waals surface area contributed by atoms with E-state index in [1.54, 1.807) is 18.0 Å². The molecule has 3 N–H and O–H groups in total. The first-order chi connectivity index (χ1) is 16.6. The first-order valence-electron chi connectivity index (χ1n) is 11.5. The molecule has 0 bridgehead atoms. The third-order valence-corrected chi connectivity index (χ3v) is 7.47. The van der Waals surface area contributed by atoms with E-state index in [4.69, 9.17) is 9.73 Å². The topological polar surface area (TPSA) is 98.4 Å². The highest BCUT2D eigenvalue weighted by Gasteiger charge is 2.28. The van der Waals surface area contributed by atoms with Crippen molar-refractivity contribution in [1.82, 2.24) is 20.1 Å². The number of hydrogen-bond acceptors (Lipinski definition) is 6. The summed E-state index contributed by atoms with van der Waals surface area (Å²) < 4.78 is 5.63. The summed E-state index contributed by atoms with van der Waals surface area (Å²) in [4.78, 5) is 23.5. The minimum absolute atomic E-state index is 0.0858. The minimum Gasteiger partial charge on any atom is -0.376 e. The first kappa shape index (κ1) is 21.4. The number of amides is 1. The Balaban J connectivity index is 1.24. The van der Waals surface area contributed by atoms with Crippen molar-refractivity contribution in [2.24, 2.45) is 4.99 Å².